The summed E-state index contributed by atoms with van der Waals surface area (Å²) in [5.74, 6) is -6.13. The quantitative estimate of drug-likeness (QED) is 0.0865. The summed E-state index contributed by atoms with van der Waals surface area (Å²) in [6.07, 6.45) is -0.241. The number of carboxylic acid groups (broad SMARTS) is 1. The van der Waals surface area contributed by atoms with Crippen LogP contribution in [-0.2, 0) is 38.4 Å². The van der Waals surface area contributed by atoms with E-state index in [2.05, 4.69) is 21.3 Å². The number of nitrogens with one attached hydrogen (secondary N) is 4. The second-order valence-corrected chi connectivity index (χ2v) is 10.3. The molecular formula is C25H40N8O10. The van der Waals surface area contributed by atoms with E-state index in [1.54, 1.807) is 0 Å². The van der Waals surface area contributed by atoms with E-state index in [0.29, 0.717) is 12.8 Å². The average molecular weight is 613 g/mol. The zero-order chi connectivity index (χ0) is 32.3. The molecule has 5 atom stereocenters. The number of primary amides is 1. The van der Waals surface area contributed by atoms with Crippen LogP contribution < -0.4 is 32.7 Å². The predicted molar refractivity (Wildman–Crippen MR) is 146 cm³/mol. The summed E-state index contributed by atoms with van der Waals surface area (Å²) >= 11 is 0. The molecule has 43 heavy (non-hydrogen) atoms. The summed E-state index contributed by atoms with van der Waals surface area (Å²) in [5.41, 5.74) is 10.4. The maximum Gasteiger partial charge on any atom is 0.322 e. The van der Waals surface area contributed by atoms with Crippen molar-refractivity contribution < 1.29 is 48.6 Å². The molecule has 0 spiro atoms. The van der Waals surface area contributed by atoms with Gasteiger partial charge in [-0.3, -0.25) is 38.4 Å². The van der Waals surface area contributed by atoms with Crippen LogP contribution >= 0.6 is 0 Å². The number of aliphatic hydroxyl groups excluding tert-OH is 1. The minimum absolute atomic E-state index is 0.189. The standard InChI is InChI=1S/C25H40N8O10/c1-13(34)21(31-18(36)10-26)25(43)33-9-3-4-15(33)23(41)28-11-19(37)32-8-2-5-16(32)24(42)30-14(6-7-17(27)35)22(40)29-12-20(38)39/h13-16,21,34H,2-12,26H2,1H3,(H2,27,35)(H,28,41)(H,29,40)(H,30,42)(H,31,36)(H,38,39)/t13-,14+,15+,16+,21+/m1/s1. The van der Waals surface area contributed by atoms with E-state index in [4.69, 9.17) is 16.6 Å². The van der Waals surface area contributed by atoms with Crippen molar-refractivity contribution in [1.82, 2.24) is 31.1 Å². The monoisotopic (exact) mass is 612 g/mol. The minimum Gasteiger partial charge on any atom is -0.480 e. The zero-order valence-electron chi connectivity index (χ0n) is 23.9. The summed E-state index contributed by atoms with van der Waals surface area (Å²) in [5, 5.41) is 28.2. The smallest absolute Gasteiger partial charge is 0.322 e. The fraction of sp³-hybridized carbons (Fsp3) is 0.680. The van der Waals surface area contributed by atoms with Crippen LogP contribution in [0.25, 0.3) is 0 Å². The van der Waals surface area contributed by atoms with Gasteiger partial charge in [-0.05, 0) is 39.0 Å². The Morgan fingerprint density at radius 3 is 2.05 bits per heavy atom. The summed E-state index contributed by atoms with van der Waals surface area (Å²) < 4.78 is 0. The fourth-order valence-corrected chi connectivity index (χ4v) is 4.93. The molecular weight excluding hydrogens is 572 g/mol. The van der Waals surface area contributed by atoms with Crippen LogP contribution in [-0.4, -0.2) is 130 Å². The van der Waals surface area contributed by atoms with Crippen LogP contribution in [0.2, 0.25) is 0 Å². The molecule has 0 aromatic rings. The number of amides is 7. The summed E-state index contributed by atoms with van der Waals surface area (Å²) in [7, 11) is 0. The Kier molecular flexibility index (Phi) is 13.3. The van der Waals surface area contributed by atoms with Gasteiger partial charge in [-0.25, -0.2) is 0 Å². The van der Waals surface area contributed by atoms with E-state index in [0.717, 1.165) is 0 Å². The topological polar surface area (TPSA) is 284 Å². The largest absolute Gasteiger partial charge is 0.480 e. The van der Waals surface area contributed by atoms with Crippen LogP contribution in [0.3, 0.4) is 0 Å². The third kappa shape index (κ3) is 10.2. The Morgan fingerprint density at radius 1 is 0.884 bits per heavy atom. The van der Waals surface area contributed by atoms with Crippen LogP contribution in [0.4, 0.5) is 0 Å². The Hall–Kier alpha value is -4.32. The van der Waals surface area contributed by atoms with Gasteiger partial charge >= 0.3 is 5.97 Å². The number of hydrogen-bond acceptors (Lipinski definition) is 10. The highest BCUT2D eigenvalue weighted by Crippen LogP contribution is 2.20. The van der Waals surface area contributed by atoms with Gasteiger partial charge in [0.2, 0.25) is 41.4 Å². The Labute approximate surface area is 247 Å². The number of carbonyl (C=O) groups excluding carboxylic acids is 7. The van der Waals surface area contributed by atoms with E-state index in [-0.39, 0.29) is 38.8 Å². The molecule has 240 valence electrons. The van der Waals surface area contributed by atoms with Crippen molar-refractivity contribution in [3.8, 4) is 0 Å². The molecule has 18 nitrogen and oxygen atoms in total. The van der Waals surface area contributed by atoms with Crippen LogP contribution in [0, 0.1) is 0 Å². The van der Waals surface area contributed by atoms with E-state index < -0.39 is 97.2 Å². The molecule has 2 rings (SSSR count). The number of likely N-dealkylation sites (tertiary alicyclic amines) is 2. The molecule has 0 unspecified atom stereocenters. The van der Waals surface area contributed by atoms with Crippen LogP contribution in [0.15, 0.2) is 0 Å². The molecule has 0 bridgehead atoms. The number of nitrogens with zero attached hydrogens (tertiary/aromatic N) is 2. The van der Waals surface area contributed by atoms with Crippen molar-refractivity contribution >= 4 is 47.3 Å². The molecule has 18 heteroatoms. The Morgan fingerprint density at radius 2 is 1.49 bits per heavy atom. The summed E-state index contributed by atoms with van der Waals surface area (Å²) in [6.45, 7) is 0.0989. The normalized spacial score (nSPS) is 20.0. The first kappa shape index (κ1) is 34.9. The first-order chi connectivity index (χ1) is 20.3. The molecule has 2 saturated heterocycles. The molecule has 0 aromatic carbocycles. The van der Waals surface area contributed by atoms with Crippen LogP contribution in [0.1, 0.15) is 45.4 Å². The van der Waals surface area contributed by atoms with Crippen LogP contribution in [0.5, 0.6) is 0 Å². The van der Waals surface area contributed by atoms with Crippen molar-refractivity contribution in [2.75, 3.05) is 32.7 Å². The van der Waals surface area contributed by atoms with Gasteiger partial charge in [-0.15, -0.1) is 0 Å². The fourth-order valence-electron chi connectivity index (χ4n) is 4.93. The number of carboxylic acids is 1. The minimum atomic E-state index is -1.31. The highest BCUT2D eigenvalue weighted by Gasteiger charge is 2.40. The second kappa shape index (κ2) is 16.4. The highest BCUT2D eigenvalue weighted by molar-refractivity contribution is 5.96. The third-order valence-electron chi connectivity index (χ3n) is 7.10. The maximum atomic E-state index is 13.0. The molecule has 2 aliphatic heterocycles. The molecule has 0 radical (unpaired) electrons. The number of carbonyl (C=O) groups is 8. The summed E-state index contributed by atoms with van der Waals surface area (Å²) in [6, 6.07) is -4.53. The van der Waals surface area contributed by atoms with Crippen molar-refractivity contribution in [2.45, 2.75) is 75.7 Å². The second-order valence-electron chi connectivity index (χ2n) is 10.3. The highest BCUT2D eigenvalue weighted by atomic mass is 16.4. The van der Waals surface area contributed by atoms with Gasteiger partial charge in [0.05, 0.1) is 19.2 Å². The van der Waals surface area contributed by atoms with Crippen molar-refractivity contribution in [3.05, 3.63) is 0 Å². The van der Waals surface area contributed by atoms with Gasteiger partial charge in [0, 0.05) is 19.5 Å². The number of aliphatic carboxylic acids is 1. The van der Waals surface area contributed by atoms with Crippen molar-refractivity contribution in [2.24, 2.45) is 11.5 Å². The molecule has 10 N–H and O–H groups in total. The lowest BCUT2D eigenvalue weighted by Crippen LogP contribution is -2.58. The molecule has 2 heterocycles. The van der Waals surface area contributed by atoms with Crippen molar-refractivity contribution in [1.29, 1.82) is 0 Å². The third-order valence-corrected chi connectivity index (χ3v) is 7.10. The first-order valence-electron chi connectivity index (χ1n) is 13.9. The van der Waals surface area contributed by atoms with Crippen molar-refractivity contribution in [3.63, 3.8) is 0 Å². The van der Waals surface area contributed by atoms with Gasteiger partial charge in [0.15, 0.2) is 0 Å². The lowest BCUT2D eigenvalue weighted by molar-refractivity contribution is -0.144. The SMILES string of the molecule is C[C@@H](O)[C@H](NC(=O)CN)C(=O)N1CCC[C@H]1C(=O)NCC(=O)N1CCC[C@H]1C(=O)N[C@@H](CCC(N)=O)C(=O)NCC(=O)O. The number of hydrogen-bond donors (Lipinski definition) is 8. The predicted octanol–water partition coefficient (Wildman–Crippen LogP) is -5.14. The molecule has 0 aliphatic carbocycles. The average Bonchev–Trinajstić information content (AvgIpc) is 3.65. The molecule has 2 aliphatic rings. The Bertz CT molecular complexity index is 1100. The van der Waals surface area contributed by atoms with Gasteiger partial charge in [-0.2, -0.15) is 0 Å². The number of nitrogens with two attached hydrogens (primary N) is 2. The van der Waals surface area contributed by atoms with E-state index in [9.17, 15) is 43.5 Å². The van der Waals surface area contributed by atoms with E-state index in [1.807, 2.05) is 0 Å². The van der Waals surface area contributed by atoms with Gasteiger partial charge in [-0.1, -0.05) is 0 Å². The lowest BCUT2D eigenvalue weighted by atomic mass is 10.1. The number of rotatable bonds is 15. The van der Waals surface area contributed by atoms with E-state index in [1.165, 1.54) is 16.7 Å². The van der Waals surface area contributed by atoms with Gasteiger partial charge in [0.1, 0.15) is 30.7 Å². The van der Waals surface area contributed by atoms with Gasteiger partial charge < -0.3 is 52.7 Å². The molecule has 0 saturated carbocycles. The molecule has 7 amide bonds. The zero-order valence-corrected chi connectivity index (χ0v) is 23.9. The number of aliphatic hydroxyl groups is 1. The lowest BCUT2D eigenvalue weighted by Gasteiger charge is -2.30. The van der Waals surface area contributed by atoms with E-state index >= 15 is 0 Å². The Balaban J connectivity index is 2.01. The first-order valence-corrected chi connectivity index (χ1v) is 13.9. The maximum absolute atomic E-state index is 13.0. The summed E-state index contributed by atoms with van der Waals surface area (Å²) in [4.78, 5) is 101. The van der Waals surface area contributed by atoms with Gasteiger partial charge in [0.25, 0.3) is 0 Å². The molecule has 0 aromatic heterocycles. The molecule has 2 fully saturated rings.